The van der Waals surface area contributed by atoms with E-state index in [2.05, 4.69) is 71.8 Å². The zero-order valence-corrected chi connectivity index (χ0v) is 16.0. The molecule has 1 aromatic heterocycles. The minimum absolute atomic E-state index is 0.282. The van der Waals surface area contributed by atoms with Gasteiger partial charge in [-0.25, -0.2) is 0 Å². The summed E-state index contributed by atoms with van der Waals surface area (Å²) in [5.74, 6) is 0.858. The van der Waals surface area contributed by atoms with Crippen LogP contribution in [-0.4, -0.2) is 4.98 Å². The Labute approximate surface area is 166 Å². The van der Waals surface area contributed by atoms with E-state index < -0.39 is 0 Å². The van der Waals surface area contributed by atoms with Crippen molar-refractivity contribution in [3.63, 3.8) is 0 Å². The van der Waals surface area contributed by atoms with Crippen LogP contribution in [0.15, 0.2) is 91.1 Å². The lowest BCUT2D eigenvalue weighted by Gasteiger charge is -2.15. The van der Waals surface area contributed by atoms with Crippen molar-refractivity contribution < 1.29 is 4.74 Å². The summed E-state index contributed by atoms with van der Waals surface area (Å²) in [4.78, 5) is 4.27. The number of aromatic nitrogens is 1. The number of pyridine rings is 1. The third kappa shape index (κ3) is 4.56. The molecule has 1 N–H and O–H groups in total. The molecular formula is C25H24N2O. The molecule has 0 saturated heterocycles. The molecule has 0 radical (unpaired) electrons. The summed E-state index contributed by atoms with van der Waals surface area (Å²) >= 11 is 0. The molecule has 28 heavy (non-hydrogen) atoms. The molecule has 3 heteroatoms. The maximum absolute atomic E-state index is 5.80. The fraction of sp³-hybridized carbons (Fsp3) is 0.160. The fourth-order valence-corrected chi connectivity index (χ4v) is 3.21. The Morgan fingerprint density at radius 3 is 2.43 bits per heavy atom. The maximum atomic E-state index is 5.80. The predicted octanol–water partition coefficient (Wildman–Crippen LogP) is 5.66. The molecule has 3 aromatic carbocycles. The van der Waals surface area contributed by atoms with Gasteiger partial charge in [-0.1, -0.05) is 54.6 Å². The zero-order valence-electron chi connectivity index (χ0n) is 16.0. The molecule has 0 aliphatic carbocycles. The first-order valence-corrected chi connectivity index (χ1v) is 9.62. The molecule has 0 bridgehead atoms. The first-order valence-electron chi connectivity index (χ1n) is 9.62. The van der Waals surface area contributed by atoms with E-state index in [4.69, 9.17) is 4.74 Å². The highest BCUT2D eigenvalue weighted by molar-refractivity contribution is 5.83. The number of nitrogens with zero attached hydrogens (tertiary/aromatic N) is 1. The van der Waals surface area contributed by atoms with Gasteiger partial charge in [0.1, 0.15) is 12.4 Å². The summed E-state index contributed by atoms with van der Waals surface area (Å²) in [7, 11) is 0. The minimum Gasteiger partial charge on any atom is -0.487 e. The van der Waals surface area contributed by atoms with Crippen LogP contribution in [0.25, 0.3) is 10.8 Å². The van der Waals surface area contributed by atoms with Gasteiger partial charge in [-0.05, 0) is 59.2 Å². The van der Waals surface area contributed by atoms with Crippen LogP contribution in [0.5, 0.6) is 5.75 Å². The van der Waals surface area contributed by atoms with Crippen LogP contribution in [0.3, 0.4) is 0 Å². The molecule has 0 aliphatic heterocycles. The minimum atomic E-state index is 0.282. The molecule has 4 aromatic rings. The Hall–Kier alpha value is -3.17. The number of rotatable bonds is 7. The number of nitrogens with one attached hydrogen (secondary N) is 1. The van der Waals surface area contributed by atoms with Gasteiger partial charge in [-0.2, -0.15) is 0 Å². The van der Waals surface area contributed by atoms with E-state index >= 15 is 0 Å². The van der Waals surface area contributed by atoms with Crippen molar-refractivity contribution in [2.75, 3.05) is 0 Å². The average Bonchev–Trinajstić information content (AvgIpc) is 2.77. The van der Waals surface area contributed by atoms with Crippen LogP contribution < -0.4 is 10.1 Å². The summed E-state index contributed by atoms with van der Waals surface area (Å²) in [6, 6.07) is 29.5. The van der Waals surface area contributed by atoms with Gasteiger partial charge in [0.25, 0.3) is 0 Å². The standard InChI is InChI=1S/C25H24N2O/c1-19(22-12-11-21-6-2-3-7-23(21)16-22)27-17-20-9-13-25(14-10-20)28-18-24-8-4-5-15-26-24/h2-16,19,27H,17-18H2,1H3. The van der Waals surface area contributed by atoms with Crippen LogP contribution >= 0.6 is 0 Å². The van der Waals surface area contributed by atoms with Crippen LogP contribution in [0.4, 0.5) is 0 Å². The van der Waals surface area contributed by atoms with E-state index in [1.165, 1.54) is 21.9 Å². The Bertz CT molecular complexity index is 1030. The second kappa shape index (κ2) is 8.68. The normalized spacial score (nSPS) is 12.0. The van der Waals surface area contributed by atoms with E-state index in [1.807, 2.05) is 30.3 Å². The fourth-order valence-electron chi connectivity index (χ4n) is 3.21. The third-order valence-corrected chi connectivity index (χ3v) is 4.92. The first-order chi connectivity index (χ1) is 13.8. The van der Waals surface area contributed by atoms with Gasteiger partial charge in [-0.3, -0.25) is 4.98 Å². The van der Waals surface area contributed by atoms with E-state index in [0.717, 1.165) is 18.0 Å². The second-order valence-corrected chi connectivity index (χ2v) is 6.96. The molecule has 0 amide bonds. The smallest absolute Gasteiger partial charge is 0.130 e. The van der Waals surface area contributed by atoms with Crippen molar-refractivity contribution in [3.8, 4) is 5.75 Å². The summed E-state index contributed by atoms with van der Waals surface area (Å²) < 4.78 is 5.80. The number of hydrogen-bond donors (Lipinski definition) is 1. The highest BCUT2D eigenvalue weighted by Gasteiger charge is 2.06. The summed E-state index contributed by atoms with van der Waals surface area (Å²) in [5.41, 5.74) is 3.46. The SMILES string of the molecule is CC(NCc1ccc(OCc2ccccn2)cc1)c1ccc2ccccc2c1. The van der Waals surface area contributed by atoms with Gasteiger partial charge in [0, 0.05) is 18.8 Å². The molecule has 1 unspecified atom stereocenters. The predicted molar refractivity (Wildman–Crippen MR) is 114 cm³/mol. The number of ether oxygens (including phenoxy) is 1. The van der Waals surface area contributed by atoms with Gasteiger partial charge in [-0.15, -0.1) is 0 Å². The van der Waals surface area contributed by atoms with E-state index in [1.54, 1.807) is 6.20 Å². The van der Waals surface area contributed by atoms with Gasteiger partial charge in [0.05, 0.1) is 5.69 Å². The summed E-state index contributed by atoms with van der Waals surface area (Å²) in [6.07, 6.45) is 1.78. The van der Waals surface area contributed by atoms with Crippen LogP contribution in [-0.2, 0) is 13.2 Å². The Morgan fingerprint density at radius 2 is 1.64 bits per heavy atom. The van der Waals surface area contributed by atoms with Crippen molar-refractivity contribution in [1.82, 2.24) is 10.3 Å². The Balaban J connectivity index is 1.32. The van der Waals surface area contributed by atoms with Crippen LogP contribution in [0, 0.1) is 0 Å². The quantitative estimate of drug-likeness (QED) is 0.457. The van der Waals surface area contributed by atoms with Crippen LogP contribution in [0.2, 0.25) is 0 Å². The monoisotopic (exact) mass is 368 g/mol. The highest BCUT2D eigenvalue weighted by Crippen LogP contribution is 2.21. The molecular weight excluding hydrogens is 344 g/mol. The van der Waals surface area contributed by atoms with Gasteiger partial charge >= 0.3 is 0 Å². The van der Waals surface area contributed by atoms with Gasteiger partial charge in [0.15, 0.2) is 0 Å². The Morgan fingerprint density at radius 1 is 0.857 bits per heavy atom. The zero-order chi connectivity index (χ0) is 19.2. The molecule has 1 atom stereocenters. The van der Waals surface area contributed by atoms with Crippen molar-refractivity contribution in [1.29, 1.82) is 0 Å². The van der Waals surface area contributed by atoms with Crippen molar-refractivity contribution in [3.05, 3.63) is 108 Å². The van der Waals surface area contributed by atoms with Crippen molar-refractivity contribution in [2.45, 2.75) is 26.1 Å². The number of benzene rings is 3. The molecule has 140 valence electrons. The molecule has 1 heterocycles. The van der Waals surface area contributed by atoms with E-state index in [-0.39, 0.29) is 6.04 Å². The van der Waals surface area contributed by atoms with Crippen molar-refractivity contribution >= 4 is 10.8 Å². The molecule has 4 rings (SSSR count). The maximum Gasteiger partial charge on any atom is 0.130 e. The first kappa shape index (κ1) is 18.2. The van der Waals surface area contributed by atoms with Crippen molar-refractivity contribution in [2.24, 2.45) is 0 Å². The average molecular weight is 368 g/mol. The van der Waals surface area contributed by atoms with Gasteiger partial charge < -0.3 is 10.1 Å². The lowest BCUT2D eigenvalue weighted by molar-refractivity contribution is 0.301. The second-order valence-electron chi connectivity index (χ2n) is 6.96. The van der Waals surface area contributed by atoms with E-state index in [9.17, 15) is 0 Å². The number of fused-ring (bicyclic) bond motifs is 1. The third-order valence-electron chi connectivity index (χ3n) is 4.92. The number of hydrogen-bond acceptors (Lipinski definition) is 3. The summed E-state index contributed by atoms with van der Waals surface area (Å²) in [5, 5.41) is 6.16. The topological polar surface area (TPSA) is 34.1 Å². The molecule has 0 fully saturated rings. The highest BCUT2D eigenvalue weighted by atomic mass is 16.5. The van der Waals surface area contributed by atoms with Crippen LogP contribution in [0.1, 0.15) is 29.8 Å². The molecule has 0 saturated carbocycles. The molecule has 0 aliphatic rings. The summed E-state index contributed by atoms with van der Waals surface area (Å²) in [6.45, 7) is 3.50. The van der Waals surface area contributed by atoms with E-state index in [0.29, 0.717) is 6.61 Å². The lowest BCUT2D eigenvalue weighted by atomic mass is 10.0. The molecule has 3 nitrogen and oxygen atoms in total. The molecule has 0 spiro atoms. The van der Waals surface area contributed by atoms with Gasteiger partial charge in [0.2, 0.25) is 0 Å². The lowest BCUT2D eigenvalue weighted by Crippen LogP contribution is -2.18. The largest absolute Gasteiger partial charge is 0.487 e. The Kier molecular flexibility index (Phi) is 5.64.